The molecule has 1 aromatic carbocycles. The van der Waals surface area contributed by atoms with E-state index < -0.39 is 17.7 Å². The number of benzene rings is 1. The van der Waals surface area contributed by atoms with Gasteiger partial charge in [-0.25, -0.2) is 4.79 Å². The van der Waals surface area contributed by atoms with E-state index in [9.17, 15) is 9.59 Å². The first-order chi connectivity index (χ1) is 11.2. The molecule has 1 fully saturated rings. The third-order valence-corrected chi connectivity index (χ3v) is 4.21. The number of carbonyl (C=O) groups excluding carboxylic acids is 2. The highest BCUT2D eigenvalue weighted by Gasteiger charge is 2.40. The molecule has 0 unspecified atom stereocenters. The molecule has 0 spiro atoms. The van der Waals surface area contributed by atoms with Crippen LogP contribution in [0, 0.1) is 6.92 Å². The Balaban J connectivity index is 2.01. The van der Waals surface area contributed by atoms with Crippen molar-refractivity contribution in [2.45, 2.75) is 57.7 Å². The Hall–Kier alpha value is -1.75. The van der Waals surface area contributed by atoms with Crippen molar-refractivity contribution in [1.29, 1.82) is 0 Å². The molecule has 6 heteroatoms. The van der Waals surface area contributed by atoms with Gasteiger partial charge in [0.1, 0.15) is 11.6 Å². The molecule has 24 heavy (non-hydrogen) atoms. The second kappa shape index (κ2) is 7.43. The molecular weight excluding hydrogens is 328 g/mol. The van der Waals surface area contributed by atoms with Crippen LogP contribution in [0.4, 0.5) is 4.79 Å². The number of aryl methyl sites for hydroxylation is 1. The Labute approximate surface area is 148 Å². The van der Waals surface area contributed by atoms with Gasteiger partial charge >= 0.3 is 6.09 Å². The van der Waals surface area contributed by atoms with Crippen molar-refractivity contribution in [2.24, 2.45) is 0 Å². The summed E-state index contributed by atoms with van der Waals surface area (Å²) in [7, 11) is 0. The maximum atomic E-state index is 12.5. The van der Waals surface area contributed by atoms with Gasteiger partial charge in [-0.1, -0.05) is 24.3 Å². The van der Waals surface area contributed by atoms with Crippen LogP contribution in [0.3, 0.4) is 0 Å². The molecule has 1 aromatic rings. The quantitative estimate of drug-likeness (QED) is 0.850. The van der Waals surface area contributed by atoms with E-state index >= 15 is 0 Å². The zero-order valence-corrected chi connectivity index (χ0v) is 15.4. The van der Waals surface area contributed by atoms with Crippen molar-refractivity contribution in [3.63, 3.8) is 0 Å². The first-order valence-electron chi connectivity index (χ1n) is 8.13. The summed E-state index contributed by atoms with van der Waals surface area (Å²) in [6.07, 6.45) is -0.0675. The molecule has 1 heterocycles. The number of alkyl halides is 1. The number of ether oxygens (including phenoxy) is 1. The van der Waals surface area contributed by atoms with Gasteiger partial charge < -0.3 is 10.1 Å². The minimum atomic E-state index is -0.607. The molecule has 1 saturated heterocycles. The minimum absolute atomic E-state index is 0.202. The molecule has 1 N–H and O–H groups in total. The molecule has 2 amide bonds. The van der Waals surface area contributed by atoms with Gasteiger partial charge in [0.2, 0.25) is 5.91 Å². The van der Waals surface area contributed by atoms with Crippen LogP contribution in [0.5, 0.6) is 0 Å². The zero-order valence-electron chi connectivity index (χ0n) is 14.6. The summed E-state index contributed by atoms with van der Waals surface area (Å²) in [4.78, 5) is 26.3. The predicted molar refractivity (Wildman–Crippen MR) is 94.0 cm³/mol. The molecular formula is C18H25ClN2O3. The van der Waals surface area contributed by atoms with Crippen LogP contribution >= 0.6 is 11.6 Å². The third-order valence-electron chi connectivity index (χ3n) is 3.90. The van der Waals surface area contributed by atoms with E-state index in [1.54, 1.807) is 20.8 Å². The molecule has 2 atom stereocenters. The fraction of sp³-hybridized carbons (Fsp3) is 0.556. The van der Waals surface area contributed by atoms with Gasteiger partial charge in [-0.05, 0) is 45.2 Å². The molecule has 2 rings (SSSR count). The first kappa shape index (κ1) is 18.6. The minimum Gasteiger partial charge on any atom is -0.444 e. The average Bonchev–Trinajstić information content (AvgIpc) is 2.86. The fourth-order valence-electron chi connectivity index (χ4n) is 2.66. The van der Waals surface area contributed by atoms with Gasteiger partial charge in [-0.2, -0.15) is 0 Å². The highest BCUT2D eigenvalue weighted by atomic mass is 35.5. The average molecular weight is 353 g/mol. The summed E-state index contributed by atoms with van der Waals surface area (Å²) in [5, 5.41) is 2.66. The normalized spacial score (nSPS) is 20.8. The summed E-state index contributed by atoms with van der Waals surface area (Å²) in [5.74, 6) is -0.202. The number of halogens is 1. The van der Waals surface area contributed by atoms with Gasteiger partial charge in [-0.3, -0.25) is 9.69 Å². The number of hydrogen-bond acceptors (Lipinski definition) is 3. The summed E-state index contributed by atoms with van der Waals surface area (Å²) >= 11 is 6.17. The van der Waals surface area contributed by atoms with Crippen LogP contribution in [-0.2, 0) is 16.1 Å². The van der Waals surface area contributed by atoms with Crippen molar-refractivity contribution in [1.82, 2.24) is 10.2 Å². The summed E-state index contributed by atoms with van der Waals surface area (Å²) in [6, 6.07) is 7.27. The molecule has 0 radical (unpaired) electrons. The molecule has 5 nitrogen and oxygen atoms in total. The molecule has 0 aliphatic carbocycles. The van der Waals surface area contributed by atoms with E-state index in [2.05, 4.69) is 5.32 Å². The summed E-state index contributed by atoms with van der Waals surface area (Å²) < 4.78 is 5.38. The number of likely N-dealkylation sites (tertiary alicyclic amines) is 1. The van der Waals surface area contributed by atoms with Crippen molar-refractivity contribution in [2.75, 3.05) is 6.54 Å². The van der Waals surface area contributed by atoms with Gasteiger partial charge in [0.05, 0.1) is 5.38 Å². The number of rotatable bonds is 3. The molecule has 1 aliphatic heterocycles. The Kier molecular flexibility index (Phi) is 5.75. The van der Waals surface area contributed by atoms with Crippen molar-refractivity contribution in [3.8, 4) is 0 Å². The maximum absolute atomic E-state index is 12.5. The van der Waals surface area contributed by atoms with E-state index in [1.807, 2.05) is 31.2 Å². The van der Waals surface area contributed by atoms with E-state index in [0.717, 1.165) is 11.1 Å². The van der Waals surface area contributed by atoms with Crippen LogP contribution in [0.1, 0.15) is 38.3 Å². The predicted octanol–water partition coefficient (Wildman–Crippen LogP) is 3.23. The summed E-state index contributed by atoms with van der Waals surface area (Å²) in [6.45, 7) is 8.14. The Morgan fingerprint density at radius 2 is 2.00 bits per heavy atom. The topological polar surface area (TPSA) is 58.6 Å². The molecule has 0 saturated carbocycles. The first-order valence-corrected chi connectivity index (χ1v) is 8.57. The molecule has 0 bridgehead atoms. The second-order valence-corrected chi connectivity index (χ2v) is 7.74. The Morgan fingerprint density at radius 1 is 1.33 bits per heavy atom. The number of nitrogens with one attached hydrogen (secondary N) is 1. The van der Waals surface area contributed by atoms with E-state index in [-0.39, 0.29) is 11.3 Å². The fourth-order valence-corrected chi connectivity index (χ4v) is 2.98. The standard InChI is InChI=1S/C18H25ClN2O3/c1-12-7-5-6-8-13(12)10-20-16(22)15-9-14(19)11-21(15)17(23)24-18(2,3)4/h5-8,14-15H,9-11H2,1-4H3,(H,20,22)/t14-,15-/m0/s1. The van der Waals surface area contributed by atoms with E-state index in [0.29, 0.717) is 19.5 Å². The lowest BCUT2D eigenvalue weighted by Crippen LogP contribution is -2.47. The third kappa shape index (κ3) is 4.87. The van der Waals surface area contributed by atoms with Crippen LogP contribution in [-0.4, -0.2) is 40.5 Å². The van der Waals surface area contributed by atoms with Crippen molar-refractivity contribution in [3.05, 3.63) is 35.4 Å². The molecule has 132 valence electrons. The summed E-state index contributed by atoms with van der Waals surface area (Å²) in [5.41, 5.74) is 1.56. The number of nitrogens with zero attached hydrogens (tertiary/aromatic N) is 1. The SMILES string of the molecule is Cc1ccccc1CNC(=O)[C@@H]1C[C@H](Cl)CN1C(=O)OC(C)(C)C. The monoisotopic (exact) mass is 352 g/mol. The largest absolute Gasteiger partial charge is 0.444 e. The molecule has 0 aromatic heterocycles. The van der Waals surface area contributed by atoms with Crippen molar-refractivity contribution >= 4 is 23.6 Å². The lowest BCUT2D eigenvalue weighted by Gasteiger charge is -2.28. The number of carbonyl (C=O) groups is 2. The Bertz CT molecular complexity index is 613. The maximum Gasteiger partial charge on any atom is 0.411 e. The number of amides is 2. The van der Waals surface area contributed by atoms with Crippen LogP contribution in [0.15, 0.2) is 24.3 Å². The smallest absolute Gasteiger partial charge is 0.411 e. The van der Waals surface area contributed by atoms with Crippen LogP contribution < -0.4 is 5.32 Å². The van der Waals surface area contributed by atoms with Gasteiger partial charge in [0.25, 0.3) is 0 Å². The van der Waals surface area contributed by atoms with Gasteiger partial charge in [0, 0.05) is 13.1 Å². The molecule has 1 aliphatic rings. The van der Waals surface area contributed by atoms with Gasteiger partial charge in [-0.15, -0.1) is 11.6 Å². The lowest BCUT2D eigenvalue weighted by molar-refractivity contribution is -0.125. The zero-order chi connectivity index (χ0) is 17.9. The highest BCUT2D eigenvalue weighted by Crippen LogP contribution is 2.25. The van der Waals surface area contributed by atoms with E-state index in [4.69, 9.17) is 16.3 Å². The highest BCUT2D eigenvalue weighted by molar-refractivity contribution is 6.21. The lowest BCUT2D eigenvalue weighted by atomic mass is 10.1. The van der Waals surface area contributed by atoms with Crippen molar-refractivity contribution < 1.29 is 14.3 Å². The number of hydrogen-bond donors (Lipinski definition) is 1. The Morgan fingerprint density at radius 3 is 2.62 bits per heavy atom. The van der Waals surface area contributed by atoms with Crippen LogP contribution in [0.2, 0.25) is 0 Å². The van der Waals surface area contributed by atoms with Crippen LogP contribution in [0.25, 0.3) is 0 Å². The second-order valence-electron chi connectivity index (χ2n) is 7.13. The van der Waals surface area contributed by atoms with E-state index in [1.165, 1.54) is 4.90 Å². The van der Waals surface area contributed by atoms with Gasteiger partial charge in [0.15, 0.2) is 0 Å².